The van der Waals surface area contributed by atoms with Gasteiger partial charge in [0.1, 0.15) is 12.0 Å². The molecule has 2 rings (SSSR count). The summed E-state index contributed by atoms with van der Waals surface area (Å²) in [5.74, 6) is 1.31. The van der Waals surface area contributed by atoms with E-state index < -0.39 is 0 Å². The van der Waals surface area contributed by atoms with E-state index in [9.17, 15) is 4.79 Å². The second-order valence-corrected chi connectivity index (χ2v) is 5.08. The van der Waals surface area contributed by atoms with Gasteiger partial charge in [-0.3, -0.25) is 4.79 Å². The average molecular weight is 303 g/mol. The van der Waals surface area contributed by atoms with E-state index in [1.165, 1.54) is 6.26 Å². The summed E-state index contributed by atoms with van der Waals surface area (Å²) < 4.78 is 10.5. The van der Waals surface area contributed by atoms with Gasteiger partial charge in [-0.05, 0) is 31.2 Å². The van der Waals surface area contributed by atoms with Crippen molar-refractivity contribution in [3.05, 3.63) is 23.7 Å². The van der Waals surface area contributed by atoms with Crippen molar-refractivity contribution in [2.75, 3.05) is 26.8 Å². The first-order chi connectivity index (χ1) is 9.20. The lowest BCUT2D eigenvalue weighted by atomic mass is 9.96. The second-order valence-electron chi connectivity index (χ2n) is 5.08. The van der Waals surface area contributed by atoms with E-state index in [0.717, 1.165) is 39.0 Å². The standard InChI is InChI=1S/C14H22N2O3.ClH/c1-16(5-2-11-3-6-18-7-4-11)14(17)12-8-13(9-15)19-10-12;/h8,10-11H,2-7,9,15H2,1H3;1H. The summed E-state index contributed by atoms with van der Waals surface area (Å²) in [6.45, 7) is 2.79. The van der Waals surface area contributed by atoms with Crippen molar-refractivity contribution in [3.8, 4) is 0 Å². The number of carbonyl (C=O) groups is 1. The molecule has 0 bridgehead atoms. The van der Waals surface area contributed by atoms with Crippen LogP contribution in [0.5, 0.6) is 0 Å². The fourth-order valence-corrected chi connectivity index (χ4v) is 2.33. The number of nitrogens with two attached hydrogens (primary N) is 1. The van der Waals surface area contributed by atoms with Crippen LogP contribution in [0.25, 0.3) is 0 Å². The highest BCUT2D eigenvalue weighted by Gasteiger charge is 2.18. The molecule has 1 amide bonds. The average Bonchev–Trinajstić information content (AvgIpc) is 2.94. The van der Waals surface area contributed by atoms with Crippen LogP contribution in [0.2, 0.25) is 0 Å². The van der Waals surface area contributed by atoms with Gasteiger partial charge < -0.3 is 19.8 Å². The monoisotopic (exact) mass is 302 g/mol. The van der Waals surface area contributed by atoms with E-state index >= 15 is 0 Å². The summed E-state index contributed by atoms with van der Waals surface area (Å²) in [7, 11) is 1.83. The van der Waals surface area contributed by atoms with Gasteiger partial charge in [0.15, 0.2) is 0 Å². The fourth-order valence-electron chi connectivity index (χ4n) is 2.33. The van der Waals surface area contributed by atoms with Gasteiger partial charge in [0, 0.05) is 26.8 Å². The Balaban J connectivity index is 0.00000200. The van der Waals surface area contributed by atoms with E-state index in [-0.39, 0.29) is 18.3 Å². The second kappa shape index (κ2) is 8.29. The molecule has 1 aromatic heterocycles. The van der Waals surface area contributed by atoms with Crippen molar-refractivity contribution in [1.82, 2.24) is 4.90 Å². The number of ether oxygens (including phenoxy) is 1. The van der Waals surface area contributed by atoms with Crippen molar-refractivity contribution < 1.29 is 13.9 Å². The van der Waals surface area contributed by atoms with E-state index in [4.69, 9.17) is 14.9 Å². The number of nitrogens with zero attached hydrogens (tertiary/aromatic N) is 1. The molecule has 1 aromatic rings. The number of hydrogen-bond acceptors (Lipinski definition) is 4. The first-order valence-electron chi connectivity index (χ1n) is 6.81. The molecule has 2 N–H and O–H groups in total. The van der Waals surface area contributed by atoms with Gasteiger partial charge in [0.2, 0.25) is 0 Å². The van der Waals surface area contributed by atoms with Crippen LogP contribution in [0.1, 0.15) is 35.4 Å². The predicted octanol–water partition coefficient (Wildman–Crippen LogP) is 2.05. The summed E-state index contributed by atoms with van der Waals surface area (Å²) in [6.07, 6.45) is 4.72. The molecule has 0 atom stereocenters. The lowest BCUT2D eigenvalue weighted by Crippen LogP contribution is -2.29. The highest BCUT2D eigenvalue weighted by Crippen LogP contribution is 2.19. The Morgan fingerprint density at radius 2 is 2.15 bits per heavy atom. The van der Waals surface area contributed by atoms with Crippen LogP contribution in [0.3, 0.4) is 0 Å². The molecule has 20 heavy (non-hydrogen) atoms. The highest BCUT2D eigenvalue weighted by atomic mass is 35.5. The number of halogens is 1. The molecule has 1 aliphatic rings. The SMILES string of the molecule is CN(CCC1CCOCC1)C(=O)c1coc(CN)c1.Cl. The van der Waals surface area contributed by atoms with Crippen LogP contribution in [-0.4, -0.2) is 37.6 Å². The number of furan rings is 1. The van der Waals surface area contributed by atoms with Gasteiger partial charge in [-0.25, -0.2) is 0 Å². The number of amides is 1. The lowest BCUT2D eigenvalue weighted by molar-refractivity contribution is 0.0583. The van der Waals surface area contributed by atoms with E-state index in [0.29, 0.717) is 23.8 Å². The van der Waals surface area contributed by atoms with Gasteiger partial charge >= 0.3 is 0 Å². The molecular weight excluding hydrogens is 280 g/mol. The molecule has 0 aliphatic carbocycles. The fraction of sp³-hybridized carbons (Fsp3) is 0.643. The van der Waals surface area contributed by atoms with Crippen LogP contribution in [0.15, 0.2) is 16.7 Å². The molecule has 0 radical (unpaired) electrons. The maximum atomic E-state index is 12.1. The third-order valence-corrected chi connectivity index (χ3v) is 3.66. The van der Waals surface area contributed by atoms with Crippen molar-refractivity contribution in [3.63, 3.8) is 0 Å². The quantitative estimate of drug-likeness (QED) is 0.904. The summed E-state index contributed by atoms with van der Waals surface area (Å²) in [5.41, 5.74) is 6.04. The van der Waals surface area contributed by atoms with Crippen LogP contribution in [0.4, 0.5) is 0 Å². The first-order valence-corrected chi connectivity index (χ1v) is 6.81. The molecule has 0 saturated carbocycles. The Hall–Kier alpha value is -1.04. The minimum absolute atomic E-state index is 0. The van der Waals surface area contributed by atoms with Gasteiger partial charge in [-0.15, -0.1) is 12.4 Å². The molecule has 0 aromatic carbocycles. The highest BCUT2D eigenvalue weighted by molar-refractivity contribution is 5.93. The molecule has 2 heterocycles. The van der Waals surface area contributed by atoms with Crippen LogP contribution >= 0.6 is 12.4 Å². The zero-order valence-electron chi connectivity index (χ0n) is 11.8. The van der Waals surface area contributed by atoms with Gasteiger partial charge in [0.05, 0.1) is 12.1 Å². The van der Waals surface area contributed by atoms with E-state index in [1.807, 2.05) is 7.05 Å². The Bertz CT molecular complexity index is 416. The number of rotatable bonds is 5. The van der Waals surface area contributed by atoms with E-state index in [1.54, 1.807) is 11.0 Å². The van der Waals surface area contributed by atoms with Crippen molar-refractivity contribution in [2.24, 2.45) is 11.7 Å². The van der Waals surface area contributed by atoms with Crippen LogP contribution in [-0.2, 0) is 11.3 Å². The third-order valence-electron chi connectivity index (χ3n) is 3.66. The molecule has 1 saturated heterocycles. The third kappa shape index (κ3) is 4.51. The van der Waals surface area contributed by atoms with Gasteiger partial charge in [-0.2, -0.15) is 0 Å². The molecule has 5 nitrogen and oxygen atoms in total. The molecule has 0 spiro atoms. The molecular formula is C14H23ClN2O3. The topological polar surface area (TPSA) is 68.7 Å². The van der Waals surface area contributed by atoms with Gasteiger partial charge in [0.25, 0.3) is 5.91 Å². The maximum absolute atomic E-state index is 12.1. The number of carbonyl (C=O) groups excluding carboxylic acids is 1. The predicted molar refractivity (Wildman–Crippen MR) is 79.0 cm³/mol. The lowest BCUT2D eigenvalue weighted by Gasteiger charge is -2.24. The molecule has 6 heteroatoms. The largest absolute Gasteiger partial charge is 0.467 e. The van der Waals surface area contributed by atoms with Gasteiger partial charge in [-0.1, -0.05) is 0 Å². The minimum Gasteiger partial charge on any atom is -0.467 e. The Labute approximate surface area is 125 Å². The zero-order valence-corrected chi connectivity index (χ0v) is 12.7. The van der Waals surface area contributed by atoms with Crippen molar-refractivity contribution in [2.45, 2.75) is 25.8 Å². The van der Waals surface area contributed by atoms with E-state index in [2.05, 4.69) is 0 Å². The van der Waals surface area contributed by atoms with Crippen molar-refractivity contribution >= 4 is 18.3 Å². The van der Waals surface area contributed by atoms with Crippen LogP contribution < -0.4 is 5.73 Å². The molecule has 0 unspecified atom stereocenters. The summed E-state index contributed by atoms with van der Waals surface area (Å²) in [6, 6.07) is 1.72. The Kier molecular flexibility index (Phi) is 7.05. The Morgan fingerprint density at radius 1 is 1.45 bits per heavy atom. The van der Waals surface area contributed by atoms with Crippen molar-refractivity contribution in [1.29, 1.82) is 0 Å². The number of hydrogen-bond donors (Lipinski definition) is 1. The molecule has 114 valence electrons. The molecule has 1 fully saturated rings. The summed E-state index contributed by atoms with van der Waals surface area (Å²) in [4.78, 5) is 13.9. The minimum atomic E-state index is -0.00416. The van der Waals surface area contributed by atoms with Crippen LogP contribution in [0, 0.1) is 5.92 Å². The molecule has 1 aliphatic heterocycles. The Morgan fingerprint density at radius 3 is 2.75 bits per heavy atom. The first kappa shape index (κ1) is 17.0. The zero-order chi connectivity index (χ0) is 13.7. The summed E-state index contributed by atoms with van der Waals surface area (Å²) >= 11 is 0. The maximum Gasteiger partial charge on any atom is 0.256 e. The summed E-state index contributed by atoms with van der Waals surface area (Å²) in [5, 5.41) is 0. The normalized spacial score (nSPS) is 15.7. The smallest absolute Gasteiger partial charge is 0.256 e.